The Kier molecular flexibility index (Phi) is 4.66. The summed E-state index contributed by atoms with van der Waals surface area (Å²) in [6, 6.07) is 14.4. The molecule has 0 radical (unpaired) electrons. The summed E-state index contributed by atoms with van der Waals surface area (Å²) in [5.74, 6) is 1.82. The van der Waals surface area contributed by atoms with Crippen LogP contribution in [0.3, 0.4) is 0 Å². The molecule has 0 aliphatic carbocycles. The number of nitrogens with zero attached hydrogens (tertiary/aromatic N) is 1. The Morgan fingerprint density at radius 3 is 2.74 bits per heavy atom. The highest BCUT2D eigenvalue weighted by Crippen LogP contribution is 2.28. The highest BCUT2D eigenvalue weighted by molar-refractivity contribution is 5.96. The fourth-order valence-corrected chi connectivity index (χ4v) is 3.46. The molecule has 1 N–H and O–H groups in total. The van der Waals surface area contributed by atoms with Crippen molar-refractivity contribution in [3.63, 3.8) is 0 Å². The van der Waals surface area contributed by atoms with Crippen molar-refractivity contribution in [3.8, 4) is 17.2 Å². The van der Waals surface area contributed by atoms with Crippen molar-refractivity contribution in [2.75, 3.05) is 0 Å². The Balaban J connectivity index is 1.33. The highest BCUT2D eigenvalue weighted by atomic mass is 16.6. The molecule has 4 aromatic rings. The number of hydrogen-bond acceptors (Lipinski definition) is 7. The number of alkyl carbamates (subject to hydrolysis) is 1. The van der Waals surface area contributed by atoms with Crippen molar-refractivity contribution in [1.29, 1.82) is 0 Å². The zero-order valence-electron chi connectivity index (χ0n) is 16.6. The van der Waals surface area contributed by atoms with Gasteiger partial charge in [-0.2, -0.15) is 0 Å². The van der Waals surface area contributed by atoms with Crippen molar-refractivity contribution >= 4 is 22.8 Å². The van der Waals surface area contributed by atoms with Gasteiger partial charge >= 0.3 is 12.1 Å². The van der Waals surface area contributed by atoms with E-state index in [4.69, 9.17) is 13.6 Å². The number of amides is 1. The van der Waals surface area contributed by atoms with Crippen molar-refractivity contribution in [3.05, 3.63) is 72.0 Å². The van der Waals surface area contributed by atoms with Crippen LogP contribution in [0.25, 0.3) is 22.2 Å². The molecular weight excluding hydrogens is 400 g/mol. The average molecular weight is 418 g/mol. The molecule has 0 bridgehead atoms. The van der Waals surface area contributed by atoms with Crippen LogP contribution in [0.2, 0.25) is 0 Å². The number of aromatic nitrogens is 1. The number of aryl methyl sites for hydroxylation is 1. The van der Waals surface area contributed by atoms with Gasteiger partial charge < -0.3 is 23.6 Å². The number of fused-ring (bicyclic) bond motifs is 1. The maximum atomic E-state index is 11.7. The Morgan fingerprint density at radius 2 is 1.97 bits per heavy atom. The third-order valence-electron chi connectivity index (χ3n) is 5.10. The number of hydrogen-bond donors (Lipinski definition) is 1. The number of esters is 1. The maximum absolute atomic E-state index is 11.7. The lowest BCUT2D eigenvalue weighted by Gasteiger charge is -2.06. The normalized spacial score (nSPS) is 15.8. The van der Waals surface area contributed by atoms with Crippen LogP contribution in [-0.2, 0) is 22.6 Å². The molecular formula is C23H18N2O6. The molecule has 1 aliphatic rings. The highest BCUT2D eigenvalue weighted by Gasteiger charge is 2.33. The van der Waals surface area contributed by atoms with Gasteiger partial charge in [0.2, 0.25) is 5.89 Å². The van der Waals surface area contributed by atoms with Crippen molar-refractivity contribution in [2.45, 2.75) is 26.0 Å². The van der Waals surface area contributed by atoms with Gasteiger partial charge in [0, 0.05) is 22.8 Å². The maximum Gasteiger partial charge on any atom is 0.415 e. The third-order valence-corrected chi connectivity index (χ3v) is 5.10. The first-order valence-electron chi connectivity index (χ1n) is 9.73. The van der Waals surface area contributed by atoms with Gasteiger partial charge in [0.1, 0.15) is 35.6 Å². The summed E-state index contributed by atoms with van der Waals surface area (Å²) in [5.41, 5.74) is 1.61. The van der Waals surface area contributed by atoms with E-state index in [1.807, 2.05) is 55.5 Å². The van der Waals surface area contributed by atoms with Crippen LogP contribution in [0.1, 0.15) is 17.2 Å². The number of rotatable bonds is 6. The fraction of sp³-hybridized carbons (Fsp3) is 0.174. The number of nitrogens with one attached hydrogen (secondary N) is 1. The van der Waals surface area contributed by atoms with E-state index in [0.717, 1.165) is 16.3 Å². The van der Waals surface area contributed by atoms with Gasteiger partial charge in [-0.05, 0) is 37.3 Å². The minimum absolute atomic E-state index is 0.195. The quantitative estimate of drug-likeness (QED) is 0.370. The Labute approximate surface area is 176 Å². The fourth-order valence-electron chi connectivity index (χ4n) is 3.46. The van der Waals surface area contributed by atoms with Crippen LogP contribution < -0.4 is 10.1 Å². The molecule has 1 saturated heterocycles. The number of cyclic esters (lactones) is 2. The first-order chi connectivity index (χ1) is 15.1. The van der Waals surface area contributed by atoms with Crippen LogP contribution in [-0.4, -0.2) is 23.1 Å². The SMILES string of the molecule is Cc1oc(-c2ccccc2)nc1COc1ccc2coc(CC3NC(=O)OC3=O)c2c1. The smallest absolute Gasteiger partial charge is 0.415 e. The molecule has 1 atom stereocenters. The predicted molar refractivity (Wildman–Crippen MR) is 109 cm³/mol. The Morgan fingerprint density at radius 1 is 1.13 bits per heavy atom. The molecule has 2 aromatic carbocycles. The topological polar surface area (TPSA) is 104 Å². The molecule has 1 aliphatic heterocycles. The standard InChI is InChI=1S/C23H18N2O6/c1-13-19(24-21(30-13)14-5-3-2-4-6-14)12-28-16-8-7-15-11-29-20(17(15)9-16)10-18-22(26)31-23(27)25-18/h2-9,11,18H,10,12H2,1H3,(H,25,27). The van der Waals surface area contributed by atoms with Gasteiger partial charge in [-0.3, -0.25) is 0 Å². The van der Waals surface area contributed by atoms with Gasteiger partial charge in [-0.15, -0.1) is 0 Å². The van der Waals surface area contributed by atoms with Crippen LogP contribution in [0.4, 0.5) is 4.79 Å². The van der Waals surface area contributed by atoms with Gasteiger partial charge in [0.05, 0.1) is 6.26 Å². The summed E-state index contributed by atoms with van der Waals surface area (Å²) < 4.78 is 21.8. The molecule has 8 nitrogen and oxygen atoms in total. The second-order valence-electron chi connectivity index (χ2n) is 7.19. The minimum atomic E-state index is -0.763. The number of benzene rings is 2. The summed E-state index contributed by atoms with van der Waals surface area (Å²) in [6.45, 7) is 2.09. The van der Waals surface area contributed by atoms with Gasteiger partial charge in [-0.25, -0.2) is 14.6 Å². The van der Waals surface area contributed by atoms with Gasteiger partial charge in [0.25, 0.3) is 0 Å². The summed E-state index contributed by atoms with van der Waals surface area (Å²) >= 11 is 0. The van der Waals surface area contributed by atoms with E-state index in [9.17, 15) is 9.59 Å². The molecule has 1 unspecified atom stereocenters. The molecule has 0 spiro atoms. The number of ether oxygens (including phenoxy) is 2. The Bertz CT molecular complexity index is 1270. The zero-order valence-corrected chi connectivity index (χ0v) is 16.6. The van der Waals surface area contributed by atoms with Crippen LogP contribution in [0.15, 0.2) is 63.6 Å². The summed E-state index contributed by atoms with van der Waals surface area (Å²) in [5, 5.41) is 4.13. The van der Waals surface area contributed by atoms with E-state index in [0.29, 0.717) is 28.9 Å². The lowest BCUT2D eigenvalue weighted by atomic mass is 10.1. The van der Waals surface area contributed by atoms with Crippen LogP contribution in [0, 0.1) is 6.92 Å². The van der Waals surface area contributed by atoms with E-state index in [2.05, 4.69) is 15.0 Å². The van der Waals surface area contributed by atoms with E-state index in [1.54, 1.807) is 6.26 Å². The molecule has 3 heterocycles. The molecule has 2 aromatic heterocycles. The van der Waals surface area contributed by atoms with Crippen molar-refractivity contribution in [1.82, 2.24) is 10.3 Å². The van der Waals surface area contributed by atoms with E-state index < -0.39 is 18.1 Å². The van der Waals surface area contributed by atoms with Crippen LogP contribution >= 0.6 is 0 Å². The first kappa shape index (κ1) is 18.9. The average Bonchev–Trinajstić information content (AvgIpc) is 3.44. The monoisotopic (exact) mass is 418 g/mol. The lowest BCUT2D eigenvalue weighted by molar-refractivity contribution is -0.135. The van der Waals surface area contributed by atoms with Crippen molar-refractivity contribution in [2.24, 2.45) is 0 Å². The summed E-state index contributed by atoms with van der Waals surface area (Å²) in [7, 11) is 0. The number of carbonyl (C=O) groups excluding carboxylic acids is 2. The van der Waals surface area contributed by atoms with Crippen LogP contribution in [0.5, 0.6) is 5.75 Å². The molecule has 156 valence electrons. The number of oxazole rings is 1. The molecule has 0 saturated carbocycles. The van der Waals surface area contributed by atoms with Gasteiger partial charge in [-0.1, -0.05) is 18.2 Å². The largest absolute Gasteiger partial charge is 0.487 e. The molecule has 1 amide bonds. The molecule has 8 heteroatoms. The van der Waals surface area contributed by atoms with E-state index >= 15 is 0 Å². The number of furan rings is 1. The third kappa shape index (κ3) is 3.75. The van der Waals surface area contributed by atoms with Crippen molar-refractivity contribution < 1.29 is 27.9 Å². The Hall–Kier alpha value is -4.07. The molecule has 31 heavy (non-hydrogen) atoms. The molecule has 5 rings (SSSR count). The minimum Gasteiger partial charge on any atom is -0.487 e. The zero-order chi connectivity index (χ0) is 21.4. The van der Waals surface area contributed by atoms with Gasteiger partial charge in [0.15, 0.2) is 0 Å². The summed E-state index contributed by atoms with van der Waals surface area (Å²) in [4.78, 5) is 27.5. The molecule has 1 fully saturated rings. The second kappa shape index (κ2) is 7.64. The van der Waals surface area contributed by atoms with E-state index in [-0.39, 0.29) is 13.0 Å². The second-order valence-corrected chi connectivity index (χ2v) is 7.19. The first-order valence-corrected chi connectivity index (χ1v) is 9.73. The summed E-state index contributed by atoms with van der Waals surface area (Å²) in [6.07, 6.45) is 1.05. The predicted octanol–water partition coefficient (Wildman–Crippen LogP) is 4.15. The lowest BCUT2D eigenvalue weighted by Crippen LogP contribution is -2.30. The van der Waals surface area contributed by atoms with E-state index in [1.165, 1.54) is 0 Å². The number of carbonyl (C=O) groups is 2.